The summed E-state index contributed by atoms with van der Waals surface area (Å²) in [5.74, 6) is -0.331. The third-order valence-electron chi connectivity index (χ3n) is 3.86. The largest absolute Gasteiger partial charge is 0.326 e. The fourth-order valence-corrected chi connectivity index (χ4v) is 3.00. The van der Waals surface area contributed by atoms with Crippen molar-refractivity contribution in [1.29, 1.82) is 0 Å². The SMILES string of the molecule is CS(=O)(=O)c1cccc(NC(=O)c2cccc(NC(=O)C3CC3)c2)c1. The minimum Gasteiger partial charge on any atom is -0.326 e. The summed E-state index contributed by atoms with van der Waals surface area (Å²) in [5, 5.41) is 5.46. The standard InChI is InChI=1S/C18H18N2O4S/c1-25(23,24)16-7-3-6-15(11-16)20-18(22)13-4-2-5-14(10-13)19-17(21)12-8-9-12/h2-7,10-12H,8-9H2,1H3,(H,19,21)(H,20,22). The lowest BCUT2D eigenvalue weighted by Gasteiger charge is -2.09. The summed E-state index contributed by atoms with van der Waals surface area (Å²) >= 11 is 0. The monoisotopic (exact) mass is 358 g/mol. The Hall–Kier alpha value is -2.67. The van der Waals surface area contributed by atoms with Crippen LogP contribution in [0.25, 0.3) is 0 Å². The number of nitrogens with one attached hydrogen (secondary N) is 2. The second-order valence-electron chi connectivity index (χ2n) is 6.10. The summed E-state index contributed by atoms with van der Waals surface area (Å²) in [5.41, 5.74) is 1.33. The molecule has 2 aromatic carbocycles. The van der Waals surface area contributed by atoms with Crippen molar-refractivity contribution in [3.63, 3.8) is 0 Å². The molecule has 0 bridgehead atoms. The first-order valence-electron chi connectivity index (χ1n) is 7.85. The maximum Gasteiger partial charge on any atom is 0.255 e. The minimum atomic E-state index is -3.35. The molecule has 3 rings (SSSR count). The van der Waals surface area contributed by atoms with Crippen molar-refractivity contribution in [2.45, 2.75) is 17.7 Å². The van der Waals surface area contributed by atoms with Crippen LogP contribution in [-0.4, -0.2) is 26.5 Å². The number of amides is 2. The summed E-state index contributed by atoms with van der Waals surface area (Å²) in [6, 6.07) is 12.7. The predicted molar refractivity (Wildman–Crippen MR) is 95.3 cm³/mol. The van der Waals surface area contributed by atoms with E-state index >= 15 is 0 Å². The van der Waals surface area contributed by atoms with Crippen LogP contribution in [0.4, 0.5) is 11.4 Å². The zero-order valence-electron chi connectivity index (χ0n) is 13.7. The topological polar surface area (TPSA) is 92.3 Å². The van der Waals surface area contributed by atoms with Crippen LogP contribution in [0.3, 0.4) is 0 Å². The Balaban J connectivity index is 1.74. The minimum absolute atomic E-state index is 0.0292. The number of hydrogen-bond donors (Lipinski definition) is 2. The molecule has 2 N–H and O–H groups in total. The van der Waals surface area contributed by atoms with E-state index in [9.17, 15) is 18.0 Å². The number of anilines is 2. The zero-order valence-corrected chi connectivity index (χ0v) is 14.5. The number of rotatable bonds is 5. The average Bonchev–Trinajstić information content (AvgIpc) is 3.39. The molecule has 0 saturated heterocycles. The second-order valence-corrected chi connectivity index (χ2v) is 8.11. The smallest absolute Gasteiger partial charge is 0.255 e. The number of carbonyl (C=O) groups excluding carboxylic acids is 2. The maximum absolute atomic E-state index is 12.4. The summed E-state index contributed by atoms with van der Waals surface area (Å²) in [6.45, 7) is 0. The Labute approximate surface area is 146 Å². The van der Waals surface area contributed by atoms with Crippen molar-refractivity contribution in [3.05, 3.63) is 54.1 Å². The zero-order chi connectivity index (χ0) is 18.0. The van der Waals surface area contributed by atoms with Crippen LogP contribution in [0.15, 0.2) is 53.4 Å². The number of hydrogen-bond acceptors (Lipinski definition) is 4. The maximum atomic E-state index is 12.4. The average molecular weight is 358 g/mol. The highest BCUT2D eigenvalue weighted by molar-refractivity contribution is 7.90. The normalized spacial score (nSPS) is 14.0. The Kier molecular flexibility index (Phi) is 4.59. The van der Waals surface area contributed by atoms with Gasteiger partial charge in [-0.05, 0) is 49.2 Å². The molecule has 25 heavy (non-hydrogen) atoms. The third-order valence-corrected chi connectivity index (χ3v) is 4.97. The van der Waals surface area contributed by atoms with Gasteiger partial charge in [0.1, 0.15) is 0 Å². The van der Waals surface area contributed by atoms with Crippen LogP contribution >= 0.6 is 0 Å². The van der Waals surface area contributed by atoms with Gasteiger partial charge in [0, 0.05) is 29.1 Å². The van der Waals surface area contributed by atoms with E-state index in [1.165, 1.54) is 12.1 Å². The van der Waals surface area contributed by atoms with Crippen LogP contribution in [0.5, 0.6) is 0 Å². The Morgan fingerprint density at radius 1 is 0.960 bits per heavy atom. The lowest BCUT2D eigenvalue weighted by Crippen LogP contribution is -2.15. The molecule has 7 heteroatoms. The molecule has 1 aliphatic carbocycles. The first-order valence-corrected chi connectivity index (χ1v) is 9.74. The molecule has 0 aliphatic heterocycles. The summed E-state index contributed by atoms with van der Waals surface area (Å²) in [4.78, 5) is 24.3. The molecule has 0 spiro atoms. The van der Waals surface area contributed by atoms with Crippen molar-refractivity contribution in [1.82, 2.24) is 0 Å². The lowest BCUT2D eigenvalue weighted by molar-refractivity contribution is -0.117. The van der Waals surface area contributed by atoms with Gasteiger partial charge in [0.15, 0.2) is 9.84 Å². The van der Waals surface area contributed by atoms with Crippen LogP contribution < -0.4 is 10.6 Å². The number of sulfone groups is 1. The molecule has 1 aliphatic rings. The van der Waals surface area contributed by atoms with Crippen LogP contribution in [0.2, 0.25) is 0 Å². The van der Waals surface area contributed by atoms with Crippen LogP contribution in [-0.2, 0) is 14.6 Å². The molecule has 0 radical (unpaired) electrons. The van der Waals surface area contributed by atoms with Gasteiger partial charge in [-0.15, -0.1) is 0 Å². The Morgan fingerprint density at radius 2 is 1.60 bits per heavy atom. The van der Waals surface area contributed by atoms with E-state index in [2.05, 4.69) is 10.6 Å². The van der Waals surface area contributed by atoms with E-state index in [1.807, 2.05) is 0 Å². The Bertz CT molecular complexity index is 934. The van der Waals surface area contributed by atoms with Crippen molar-refractivity contribution in [2.75, 3.05) is 16.9 Å². The van der Waals surface area contributed by atoms with Gasteiger partial charge in [0.25, 0.3) is 5.91 Å². The molecule has 0 unspecified atom stereocenters. The van der Waals surface area contributed by atoms with Gasteiger partial charge in [0.05, 0.1) is 4.90 Å². The molecule has 0 aromatic heterocycles. The molecule has 1 fully saturated rings. The highest BCUT2D eigenvalue weighted by Gasteiger charge is 2.29. The highest BCUT2D eigenvalue weighted by Crippen LogP contribution is 2.30. The van der Waals surface area contributed by atoms with Gasteiger partial charge in [-0.25, -0.2) is 8.42 Å². The van der Waals surface area contributed by atoms with Crippen molar-refractivity contribution in [3.8, 4) is 0 Å². The third kappa shape index (κ3) is 4.45. The second kappa shape index (κ2) is 6.68. The molecule has 1 saturated carbocycles. The first kappa shape index (κ1) is 17.2. The predicted octanol–water partition coefficient (Wildman–Crippen LogP) is 2.69. The molecule has 2 amide bonds. The highest BCUT2D eigenvalue weighted by atomic mass is 32.2. The van der Waals surface area contributed by atoms with Gasteiger partial charge in [-0.2, -0.15) is 0 Å². The van der Waals surface area contributed by atoms with Crippen LogP contribution in [0, 0.1) is 5.92 Å². The van der Waals surface area contributed by atoms with Gasteiger partial charge in [-0.1, -0.05) is 12.1 Å². The summed E-state index contributed by atoms with van der Waals surface area (Å²) in [7, 11) is -3.35. The van der Waals surface area contributed by atoms with E-state index < -0.39 is 9.84 Å². The van der Waals surface area contributed by atoms with Crippen LogP contribution in [0.1, 0.15) is 23.2 Å². The van der Waals surface area contributed by atoms with E-state index in [0.29, 0.717) is 16.9 Å². The van der Waals surface area contributed by atoms with Gasteiger partial charge < -0.3 is 10.6 Å². The Morgan fingerprint density at radius 3 is 2.24 bits per heavy atom. The summed E-state index contributed by atoms with van der Waals surface area (Å²) in [6.07, 6.45) is 2.92. The quantitative estimate of drug-likeness (QED) is 0.859. The molecular formula is C18H18N2O4S. The van der Waals surface area contributed by atoms with Crippen molar-refractivity contribution in [2.24, 2.45) is 5.92 Å². The fraction of sp³-hybridized carbons (Fsp3) is 0.222. The van der Waals surface area contributed by atoms with Gasteiger partial charge in [0.2, 0.25) is 5.91 Å². The van der Waals surface area contributed by atoms with E-state index in [1.54, 1.807) is 36.4 Å². The van der Waals surface area contributed by atoms with E-state index in [0.717, 1.165) is 19.1 Å². The van der Waals surface area contributed by atoms with Crippen molar-refractivity contribution >= 4 is 33.0 Å². The van der Waals surface area contributed by atoms with Crippen molar-refractivity contribution < 1.29 is 18.0 Å². The summed E-state index contributed by atoms with van der Waals surface area (Å²) < 4.78 is 23.2. The first-order chi connectivity index (χ1) is 11.8. The lowest BCUT2D eigenvalue weighted by atomic mass is 10.1. The molecular weight excluding hydrogens is 340 g/mol. The van der Waals surface area contributed by atoms with Gasteiger partial charge >= 0.3 is 0 Å². The molecule has 6 nitrogen and oxygen atoms in total. The molecule has 0 heterocycles. The fourth-order valence-electron chi connectivity index (χ4n) is 2.34. The number of benzene rings is 2. The van der Waals surface area contributed by atoms with Gasteiger partial charge in [-0.3, -0.25) is 9.59 Å². The van der Waals surface area contributed by atoms with E-state index in [-0.39, 0.29) is 22.6 Å². The van der Waals surface area contributed by atoms with E-state index in [4.69, 9.17) is 0 Å². The number of carbonyl (C=O) groups is 2. The molecule has 130 valence electrons. The molecule has 0 atom stereocenters. The molecule has 2 aromatic rings.